The Kier molecular flexibility index (Phi) is 11.5. The van der Waals surface area contributed by atoms with Crippen molar-refractivity contribution >= 4 is 23.5 Å². The second kappa shape index (κ2) is 11.3. The van der Waals surface area contributed by atoms with E-state index in [0.29, 0.717) is 0 Å². The fourth-order valence-corrected chi connectivity index (χ4v) is 2.03. The Bertz CT molecular complexity index is 683. The van der Waals surface area contributed by atoms with Gasteiger partial charge >= 0.3 is 0 Å². The summed E-state index contributed by atoms with van der Waals surface area (Å²) in [4.78, 5) is 33.3. The van der Waals surface area contributed by atoms with E-state index >= 15 is 0 Å². The molecule has 6 nitrogen and oxygen atoms in total. The molecule has 0 saturated carbocycles. The number of amides is 2. The lowest BCUT2D eigenvalue weighted by molar-refractivity contribution is -0.127. The van der Waals surface area contributed by atoms with Gasteiger partial charge in [-0.3, -0.25) is 19.6 Å². The minimum Gasteiger partial charge on any atom is -0.314 e. The Hall–Kier alpha value is -1.72. The van der Waals surface area contributed by atoms with E-state index in [1.807, 2.05) is 83.1 Å². The molecule has 0 aliphatic carbocycles. The van der Waals surface area contributed by atoms with Crippen LogP contribution in [0.25, 0.3) is 0 Å². The molecule has 0 aliphatic heterocycles. The van der Waals surface area contributed by atoms with Crippen LogP contribution in [0.3, 0.4) is 0 Å². The zero-order valence-electron chi connectivity index (χ0n) is 25.7. The molecule has 0 aliphatic rings. The number of carbonyl (C=O) groups excluding carboxylic acids is 2. The molecule has 0 saturated heterocycles. The summed E-state index contributed by atoms with van der Waals surface area (Å²) in [5.74, 6) is 1.53. The van der Waals surface area contributed by atoms with Gasteiger partial charge in [-0.25, -0.2) is 0 Å². The Labute approximate surface area is 211 Å². The van der Waals surface area contributed by atoms with E-state index in [2.05, 4.69) is 62.2 Å². The predicted molar refractivity (Wildman–Crippen MR) is 148 cm³/mol. The third-order valence-electron chi connectivity index (χ3n) is 4.14. The first-order valence-corrected chi connectivity index (χ1v) is 12.3. The zero-order chi connectivity index (χ0) is 28.1. The molecular weight excluding hydrogens is 424 g/mol. The van der Waals surface area contributed by atoms with E-state index in [9.17, 15) is 9.59 Å². The van der Waals surface area contributed by atoms with Crippen LogP contribution in [-0.2, 0) is 9.59 Å². The molecule has 0 fully saturated rings. The largest absolute Gasteiger partial charge is 0.314 e. The topological polar surface area (TPSA) is 82.9 Å². The van der Waals surface area contributed by atoms with Crippen molar-refractivity contribution in [3.63, 3.8) is 0 Å². The van der Waals surface area contributed by atoms with Gasteiger partial charge in [-0.1, -0.05) is 83.1 Å². The number of hydrogen-bond acceptors (Lipinski definition) is 4. The van der Waals surface area contributed by atoms with Crippen molar-refractivity contribution in [2.45, 2.75) is 136 Å². The van der Waals surface area contributed by atoms with Crippen LogP contribution in [0, 0.1) is 21.7 Å². The summed E-state index contributed by atoms with van der Waals surface area (Å²) in [7, 11) is 0. The highest BCUT2D eigenvalue weighted by molar-refractivity contribution is 6.03. The first kappa shape index (κ1) is 34.4. The van der Waals surface area contributed by atoms with E-state index in [4.69, 9.17) is 0 Å². The SMILES string of the molecule is CC(C)(C)N=C(NC(=O)C(C)(C)C)C(C)(C)C.CC(C)(C)N=C(NC(=O)C(C)(C)C)C(C)(C)C. The standard InChI is InChI=1S/2C14H28N2O/c2*1-12(2,3)10(16-14(7,8)9)15-11(17)13(4,5)6/h2*1-9H3,(H,15,16,17). The number of rotatable bonds is 0. The molecule has 0 aromatic carbocycles. The van der Waals surface area contributed by atoms with Gasteiger partial charge in [0.2, 0.25) is 11.8 Å². The first-order chi connectivity index (χ1) is 14.5. The molecule has 0 aromatic rings. The Morgan fingerprint density at radius 1 is 0.412 bits per heavy atom. The third-order valence-corrected chi connectivity index (χ3v) is 4.14. The van der Waals surface area contributed by atoms with Gasteiger partial charge in [-0.05, 0) is 41.5 Å². The molecule has 0 radical (unpaired) electrons. The average Bonchev–Trinajstić information content (AvgIpc) is 2.47. The maximum Gasteiger partial charge on any atom is 0.230 e. The van der Waals surface area contributed by atoms with Crippen LogP contribution >= 0.6 is 0 Å². The molecule has 2 N–H and O–H groups in total. The van der Waals surface area contributed by atoms with Crippen LogP contribution in [-0.4, -0.2) is 34.6 Å². The molecule has 200 valence electrons. The molecule has 0 atom stereocenters. The molecule has 0 unspecified atom stereocenters. The van der Waals surface area contributed by atoms with Crippen LogP contribution in [0.4, 0.5) is 0 Å². The van der Waals surface area contributed by atoms with Crippen molar-refractivity contribution in [1.82, 2.24) is 10.6 Å². The lowest BCUT2D eigenvalue weighted by Gasteiger charge is -2.28. The highest BCUT2D eigenvalue weighted by Gasteiger charge is 2.29. The number of hydrogen-bond donors (Lipinski definition) is 2. The summed E-state index contributed by atoms with van der Waals surface area (Å²) in [6.07, 6.45) is 0. The molecular formula is C28H56N4O2. The average molecular weight is 481 g/mol. The van der Waals surface area contributed by atoms with Gasteiger partial charge in [-0.2, -0.15) is 0 Å². The Morgan fingerprint density at radius 2 is 0.618 bits per heavy atom. The van der Waals surface area contributed by atoms with E-state index in [0.717, 1.165) is 11.7 Å². The van der Waals surface area contributed by atoms with Gasteiger partial charge in [0.25, 0.3) is 0 Å². The molecule has 0 heterocycles. The maximum absolute atomic E-state index is 12.0. The first-order valence-electron chi connectivity index (χ1n) is 12.3. The highest BCUT2D eigenvalue weighted by atomic mass is 16.2. The van der Waals surface area contributed by atoms with Crippen molar-refractivity contribution in [2.24, 2.45) is 31.6 Å². The minimum atomic E-state index is -0.399. The highest BCUT2D eigenvalue weighted by Crippen LogP contribution is 2.22. The molecule has 0 spiro atoms. The molecule has 0 bridgehead atoms. The summed E-state index contributed by atoms with van der Waals surface area (Å²) in [5, 5.41) is 5.93. The minimum absolute atomic E-state index is 0.00965. The number of carbonyl (C=O) groups is 2. The lowest BCUT2D eigenvalue weighted by atomic mass is 9.91. The molecule has 2 amide bonds. The normalized spacial score (nSPS) is 14.8. The fraction of sp³-hybridized carbons (Fsp3) is 0.857. The van der Waals surface area contributed by atoms with E-state index < -0.39 is 10.8 Å². The monoisotopic (exact) mass is 480 g/mol. The predicted octanol–water partition coefficient (Wildman–Crippen LogP) is 6.78. The second-order valence-corrected chi connectivity index (χ2v) is 15.2. The van der Waals surface area contributed by atoms with Gasteiger partial charge in [0.1, 0.15) is 11.7 Å². The summed E-state index contributed by atoms with van der Waals surface area (Å²) in [6.45, 7) is 35.9. The Morgan fingerprint density at radius 3 is 0.735 bits per heavy atom. The zero-order valence-corrected chi connectivity index (χ0v) is 25.7. The molecule has 6 heteroatoms. The summed E-state index contributed by atoms with van der Waals surface area (Å²) < 4.78 is 0. The van der Waals surface area contributed by atoms with E-state index in [-0.39, 0.29) is 33.7 Å². The van der Waals surface area contributed by atoms with Crippen LogP contribution in [0.1, 0.15) is 125 Å². The van der Waals surface area contributed by atoms with Gasteiger partial charge in [0, 0.05) is 21.7 Å². The Balaban J connectivity index is 0. The summed E-state index contributed by atoms with van der Waals surface area (Å²) >= 11 is 0. The van der Waals surface area contributed by atoms with Gasteiger partial charge < -0.3 is 10.6 Å². The van der Waals surface area contributed by atoms with Crippen molar-refractivity contribution in [1.29, 1.82) is 0 Å². The number of nitrogens with one attached hydrogen (secondary N) is 2. The van der Waals surface area contributed by atoms with Gasteiger partial charge in [0.05, 0.1) is 11.1 Å². The van der Waals surface area contributed by atoms with Gasteiger partial charge in [-0.15, -0.1) is 0 Å². The number of nitrogens with zero attached hydrogens (tertiary/aromatic N) is 2. The maximum atomic E-state index is 12.0. The molecule has 0 rings (SSSR count). The van der Waals surface area contributed by atoms with Crippen molar-refractivity contribution in [3.05, 3.63) is 0 Å². The second-order valence-electron chi connectivity index (χ2n) is 15.2. The van der Waals surface area contributed by atoms with Crippen LogP contribution in [0.2, 0.25) is 0 Å². The van der Waals surface area contributed by atoms with Crippen LogP contribution < -0.4 is 10.6 Å². The number of amidine groups is 2. The molecule has 34 heavy (non-hydrogen) atoms. The van der Waals surface area contributed by atoms with Crippen LogP contribution in [0.15, 0.2) is 9.98 Å². The van der Waals surface area contributed by atoms with E-state index in [1.165, 1.54) is 0 Å². The van der Waals surface area contributed by atoms with Crippen molar-refractivity contribution in [2.75, 3.05) is 0 Å². The summed E-state index contributed by atoms with van der Waals surface area (Å²) in [6, 6.07) is 0. The van der Waals surface area contributed by atoms with Crippen LogP contribution in [0.5, 0.6) is 0 Å². The van der Waals surface area contributed by atoms with Crippen molar-refractivity contribution < 1.29 is 9.59 Å². The van der Waals surface area contributed by atoms with E-state index in [1.54, 1.807) is 0 Å². The fourth-order valence-electron chi connectivity index (χ4n) is 2.03. The quantitative estimate of drug-likeness (QED) is 0.296. The lowest BCUT2D eigenvalue weighted by Crippen LogP contribution is -2.45. The third kappa shape index (κ3) is 16.0. The smallest absolute Gasteiger partial charge is 0.230 e. The van der Waals surface area contributed by atoms with Gasteiger partial charge in [0.15, 0.2) is 0 Å². The number of aliphatic imine (C=N–C) groups is 2. The summed E-state index contributed by atoms with van der Waals surface area (Å²) in [5.41, 5.74) is -1.49. The molecule has 0 aromatic heterocycles. The van der Waals surface area contributed by atoms with Crippen molar-refractivity contribution in [3.8, 4) is 0 Å².